The zero-order valence-electron chi connectivity index (χ0n) is 7.73. The van der Waals surface area contributed by atoms with Crippen molar-refractivity contribution < 1.29 is 9.90 Å². The van der Waals surface area contributed by atoms with E-state index in [9.17, 15) is 4.79 Å². The van der Waals surface area contributed by atoms with Crippen molar-refractivity contribution in [2.75, 3.05) is 13.1 Å². The Labute approximate surface area is 77.8 Å². The average molecular weight is 182 g/mol. The molecule has 0 aromatic carbocycles. The number of carboxylic acid groups (broad SMARTS) is 1. The van der Waals surface area contributed by atoms with E-state index in [1.165, 1.54) is 0 Å². The van der Waals surface area contributed by atoms with Gasteiger partial charge in [0.15, 0.2) is 0 Å². The molecule has 1 fully saturated rings. The number of nitrogens with zero attached hydrogens (tertiary/aromatic N) is 2. The topological polar surface area (TPSA) is 64.3 Å². The fraction of sp³-hybridized carbons (Fsp3) is 0.778. The van der Waals surface area contributed by atoms with Crippen molar-refractivity contribution in [2.24, 2.45) is 5.92 Å². The predicted octanol–water partition coefficient (Wildman–Crippen LogP) is 0.695. The molecule has 1 aliphatic rings. The third kappa shape index (κ3) is 2.43. The molecule has 13 heavy (non-hydrogen) atoms. The summed E-state index contributed by atoms with van der Waals surface area (Å²) >= 11 is 0. The van der Waals surface area contributed by atoms with E-state index in [0.29, 0.717) is 0 Å². The van der Waals surface area contributed by atoms with E-state index in [1.807, 2.05) is 4.90 Å². The summed E-state index contributed by atoms with van der Waals surface area (Å²) in [6, 6.07) is 1.80. The molecule has 72 valence electrons. The largest absolute Gasteiger partial charge is 0.480 e. The van der Waals surface area contributed by atoms with Crippen LogP contribution in [0.4, 0.5) is 0 Å². The van der Waals surface area contributed by atoms with Crippen LogP contribution in [0, 0.1) is 17.2 Å². The second kappa shape index (κ2) is 4.24. The molecule has 0 spiro atoms. The van der Waals surface area contributed by atoms with Crippen LogP contribution in [-0.4, -0.2) is 35.1 Å². The number of hydrogen-bond acceptors (Lipinski definition) is 3. The first kappa shape index (κ1) is 10.0. The lowest BCUT2D eigenvalue weighted by Gasteiger charge is -2.31. The molecule has 0 saturated carbocycles. The molecule has 1 N–H and O–H groups in total. The Morgan fingerprint density at radius 1 is 1.62 bits per heavy atom. The van der Waals surface area contributed by atoms with Crippen LogP contribution in [0.5, 0.6) is 0 Å². The third-order valence-electron chi connectivity index (χ3n) is 2.62. The number of hydrogen-bond donors (Lipinski definition) is 1. The fourth-order valence-electron chi connectivity index (χ4n) is 1.57. The van der Waals surface area contributed by atoms with Crippen LogP contribution in [0.15, 0.2) is 0 Å². The number of aliphatic carboxylic acids is 1. The van der Waals surface area contributed by atoms with Crippen molar-refractivity contribution in [3.8, 4) is 6.07 Å². The summed E-state index contributed by atoms with van der Waals surface area (Å²) in [6.45, 7) is 3.15. The Bertz CT molecular complexity index is 226. The summed E-state index contributed by atoms with van der Waals surface area (Å²) in [5.41, 5.74) is 0. The van der Waals surface area contributed by atoms with Crippen molar-refractivity contribution in [2.45, 2.75) is 25.8 Å². The van der Waals surface area contributed by atoms with Crippen molar-refractivity contribution >= 4 is 5.97 Å². The fourth-order valence-corrected chi connectivity index (χ4v) is 1.57. The molecule has 0 aliphatic carbocycles. The zero-order valence-corrected chi connectivity index (χ0v) is 7.73. The average Bonchev–Trinajstić information content (AvgIpc) is 2.17. The van der Waals surface area contributed by atoms with E-state index in [2.05, 4.69) is 6.07 Å². The van der Waals surface area contributed by atoms with Gasteiger partial charge < -0.3 is 5.11 Å². The van der Waals surface area contributed by atoms with Crippen LogP contribution in [0.2, 0.25) is 0 Å². The van der Waals surface area contributed by atoms with E-state index in [0.717, 1.165) is 25.9 Å². The molecular weight excluding hydrogens is 168 g/mol. The molecule has 0 radical (unpaired) electrons. The van der Waals surface area contributed by atoms with Crippen molar-refractivity contribution in [3.05, 3.63) is 0 Å². The molecule has 1 unspecified atom stereocenters. The van der Waals surface area contributed by atoms with Gasteiger partial charge in [0, 0.05) is 19.0 Å². The van der Waals surface area contributed by atoms with Crippen LogP contribution < -0.4 is 0 Å². The molecule has 4 heteroatoms. The molecule has 1 aliphatic heterocycles. The molecule has 0 bridgehead atoms. The molecule has 1 saturated heterocycles. The molecule has 0 amide bonds. The standard InChI is InChI=1S/C9H14N2O2/c1-7(9(12)13)11-4-2-8(6-10)3-5-11/h7-8H,2-5H2,1H3,(H,12,13). The summed E-state index contributed by atoms with van der Waals surface area (Å²) in [5.74, 6) is -0.660. The molecule has 0 aromatic rings. The highest BCUT2D eigenvalue weighted by Crippen LogP contribution is 2.17. The van der Waals surface area contributed by atoms with Crippen LogP contribution in [0.1, 0.15) is 19.8 Å². The second-order valence-electron chi connectivity index (χ2n) is 3.45. The number of carbonyl (C=O) groups is 1. The molecule has 1 atom stereocenters. The van der Waals surface area contributed by atoms with E-state index in [4.69, 9.17) is 10.4 Å². The molecule has 4 nitrogen and oxygen atoms in total. The minimum atomic E-state index is -0.782. The normalized spacial score (nSPS) is 22.2. The number of carboxylic acids is 1. The first-order valence-electron chi connectivity index (χ1n) is 4.51. The lowest BCUT2D eigenvalue weighted by atomic mass is 9.97. The maximum atomic E-state index is 10.6. The van der Waals surface area contributed by atoms with Crippen molar-refractivity contribution in [1.82, 2.24) is 4.90 Å². The minimum Gasteiger partial charge on any atom is -0.480 e. The summed E-state index contributed by atoms with van der Waals surface area (Å²) in [7, 11) is 0. The van der Waals surface area contributed by atoms with Gasteiger partial charge in [0.1, 0.15) is 6.04 Å². The Morgan fingerprint density at radius 2 is 2.15 bits per heavy atom. The predicted molar refractivity (Wildman–Crippen MR) is 47.0 cm³/mol. The third-order valence-corrected chi connectivity index (χ3v) is 2.62. The Kier molecular flexibility index (Phi) is 3.26. The summed E-state index contributed by atoms with van der Waals surface area (Å²) in [5, 5.41) is 17.4. The second-order valence-corrected chi connectivity index (χ2v) is 3.45. The van der Waals surface area contributed by atoms with Crippen LogP contribution in [-0.2, 0) is 4.79 Å². The van der Waals surface area contributed by atoms with Crippen LogP contribution in [0.3, 0.4) is 0 Å². The highest BCUT2D eigenvalue weighted by atomic mass is 16.4. The quantitative estimate of drug-likeness (QED) is 0.682. The van der Waals surface area contributed by atoms with Gasteiger partial charge in [-0.2, -0.15) is 5.26 Å². The first-order valence-corrected chi connectivity index (χ1v) is 4.51. The monoisotopic (exact) mass is 182 g/mol. The minimum absolute atomic E-state index is 0.122. The van der Waals surface area contributed by atoms with Gasteiger partial charge in [0.25, 0.3) is 0 Å². The van der Waals surface area contributed by atoms with Gasteiger partial charge in [0.2, 0.25) is 0 Å². The summed E-state index contributed by atoms with van der Waals surface area (Å²) in [4.78, 5) is 12.6. The lowest BCUT2D eigenvalue weighted by Crippen LogP contribution is -2.43. The van der Waals surface area contributed by atoms with Crippen LogP contribution in [0.25, 0.3) is 0 Å². The van der Waals surface area contributed by atoms with Gasteiger partial charge in [-0.25, -0.2) is 0 Å². The highest BCUT2D eigenvalue weighted by Gasteiger charge is 2.25. The maximum absolute atomic E-state index is 10.6. The van der Waals surface area contributed by atoms with E-state index in [1.54, 1.807) is 6.92 Å². The zero-order chi connectivity index (χ0) is 9.84. The highest BCUT2D eigenvalue weighted by molar-refractivity contribution is 5.72. The Morgan fingerprint density at radius 3 is 2.54 bits per heavy atom. The molecule has 1 rings (SSSR count). The molecule has 0 aromatic heterocycles. The van der Waals surface area contributed by atoms with Gasteiger partial charge in [-0.3, -0.25) is 9.69 Å². The lowest BCUT2D eigenvalue weighted by molar-refractivity contribution is -0.143. The maximum Gasteiger partial charge on any atom is 0.320 e. The van der Waals surface area contributed by atoms with Crippen molar-refractivity contribution in [1.29, 1.82) is 5.26 Å². The summed E-state index contributed by atoms with van der Waals surface area (Å²) in [6.07, 6.45) is 1.60. The van der Waals surface area contributed by atoms with E-state index >= 15 is 0 Å². The van der Waals surface area contributed by atoms with Crippen molar-refractivity contribution in [3.63, 3.8) is 0 Å². The van der Waals surface area contributed by atoms with Gasteiger partial charge >= 0.3 is 5.97 Å². The number of likely N-dealkylation sites (tertiary alicyclic amines) is 1. The van der Waals surface area contributed by atoms with E-state index in [-0.39, 0.29) is 5.92 Å². The Balaban J connectivity index is 2.41. The number of piperidine rings is 1. The molecule has 1 heterocycles. The van der Waals surface area contributed by atoms with Gasteiger partial charge in [-0.1, -0.05) is 0 Å². The van der Waals surface area contributed by atoms with Gasteiger partial charge in [-0.05, 0) is 19.8 Å². The molecular formula is C9H14N2O2. The van der Waals surface area contributed by atoms with Gasteiger partial charge in [0.05, 0.1) is 6.07 Å². The SMILES string of the molecule is CC(C(=O)O)N1CCC(C#N)CC1. The smallest absolute Gasteiger partial charge is 0.320 e. The first-order chi connectivity index (χ1) is 6.15. The van der Waals surface area contributed by atoms with E-state index < -0.39 is 12.0 Å². The van der Waals surface area contributed by atoms with Crippen LogP contribution >= 0.6 is 0 Å². The summed E-state index contributed by atoms with van der Waals surface area (Å²) < 4.78 is 0. The number of rotatable bonds is 2. The Hall–Kier alpha value is -1.08. The van der Waals surface area contributed by atoms with Gasteiger partial charge in [-0.15, -0.1) is 0 Å². The number of nitriles is 1.